The van der Waals surface area contributed by atoms with Gasteiger partial charge in [0.15, 0.2) is 5.13 Å². The molecule has 2 aromatic carbocycles. The summed E-state index contributed by atoms with van der Waals surface area (Å²) in [6.45, 7) is 4.01. The predicted molar refractivity (Wildman–Crippen MR) is 147 cm³/mol. The van der Waals surface area contributed by atoms with Crippen molar-refractivity contribution >= 4 is 39.9 Å². The minimum Gasteiger partial charge on any atom is -0.492 e. The van der Waals surface area contributed by atoms with Gasteiger partial charge in [0.05, 0.1) is 22.0 Å². The number of anilines is 1. The number of fused-ring (bicyclic) bond motifs is 1. The summed E-state index contributed by atoms with van der Waals surface area (Å²) in [7, 11) is 0. The highest BCUT2D eigenvalue weighted by atomic mass is 35.5. The molecule has 1 aromatic heterocycles. The zero-order valence-corrected chi connectivity index (χ0v) is 22.7. The van der Waals surface area contributed by atoms with Crippen LogP contribution in [-0.2, 0) is 12.6 Å². The molecular weight excluding hydrogens is 547 g/mol. The Hall–Kier alpha value is -2.95. The second-order valence-corrected chi connectivity index (χ2v) is 11.6. The van der Waals surface area contributed by atoms with Crippen molar-refractivity contribution in [1.82, 2.24) is 9.88 Å². The van der Waals surface area contributed by atoms with E-state index in [0.29, 0.717) is 32.2 Å². The highest BCUT2D eigenvalue weighted by Crippen LogP contribution is 2.41. The normalized spacial score (nSPS) is 20.0. The lowest BCUT2D eigenvalue weighted by Crippen LogP contribution is -2.39. The minimum atomic E-state index is -4.58. The van der Waals surface area contributed by atoms with Gasteiger partial charge < -0.3 is 14.9 Å². The third-order valence-corrected chi connectivity index (χ3v) is 9.02. The molecule has 2 fully saturated rings. The number of benzene rings is 2. The van der Waals surface area contributed by atoms with E-state index in [9.17, 15) is 18.3 Å². The number of halogens is 4. The van der Waals surface area contributed by atoms with Gasteiger partial charge in [0.2, 0.25) is 5.88 Å². The van der Waals surface area contributed by atoms with Crippen LogP contribution < -0.4 is 15.5 Å². The maximum atomic E-state index is 14.0. The Morgan fingerprint density at radius 3 is 2.69 bits per heavy atom. The Kier molecular flexibility index (Phi) is 7.11. The van der Waals surface area contributed by atoms with Crippen LogP contribution in [0.3, 0.4) is 0 Å². The van der Waals surface area contributed by atoms with Gasteiger partial charge in [-0.1, -0.05) is 35.1 Å². The largest absolute Gasteiger partial charge is 0.492 e. The second kappa shape index (κ2) is 10.6. The van der Waals surface area contributed by atoms with E-state index in [2.05, 4.69) is 25.0 Å². The lowest BCUT2D eigenvalue weighted by Gasteiger charge is -2.28. The number of aromatic nitrogens is 1. The van der Waals surface area contributed by atoms with Crippen molar-refractivity contribution in [2.24, 2.45) is 10.2 Å². The lowest BCUT2D eigenvalue weighted by atomic mass is 9.96. The molecular formula is C28H27ClF3N5OS. The molecule has 4 heterocycles. The SMILES string of the molecule is Oc1nc(N2CCC[C@H]2CN2CCCC2)sc1C(Cc1ccc(Cl)cc1C(F)(F)F)=c1ccc2c(c1)C=NN=2. The van der Waals surface area contributed by atoms with Crippen LogP contribution in [0.2, 0.25) is 5.02 Å². The molecule has 3 aliphatic heterocycles. The molecule has 0 amide bonds. The van der Waals surface area contributed by atoms with Gasteiger partial charge in [-0.25, -0.2) is 0 Å². The van der Waals surface area contributed by atoms with E-state index in [0.717, 1.165) is 50.7 Å². The highest BCUT2D eigenvalue weighted by Gasteiger charge is 2.35. The number of hydrogen-bond donors (Lipinski definition) is 1. The van der Waals surface area contributed by atoms with Crippen LogP contribution in [0.1, 0.15) is 47.3 Å². The lowest BCUT2D eigenvalue weighted by molar-refractivity contribution is -0.138. The van der Waals surface area contributed by atoms with Crippen LogP contribution in [0.25, 0.3) is 5.57 Å². The molecule has 0 saturated carbocycles. The van der Waals surface area contributed by atoms with E-state index in [1.165, 1.54) is 36.3 Å². The van der Waals surface area contributed by atoms with Crippen LogP contribution in [0.5, 0.6) is 5.88 Å². The van der Waals surface area contributed by atoms with Gasteiger partial charge in [-0.3, -0.25) is 0 Å². The monoisotopic (exact) mass is 573 g/mol. The standard InChI is InChI=1S/C28H27ClF3N5OS/c29-20-7-5-18(23(14-20)28(30,31)32)13-22(17-6-8-24-19(12-17)15-33-35-24)25-26(38)34-27(39-25)37-11-3-4-21(37)16-36-9-1-2-10-36/h5-8,12,14-15,21,38H,1-4,9-11,13,16H2/t21-/m0/s1. The average molecular weight is 574 g/mol. The summed E-state index contributed by atoms with van der Waals surface area (Å²) in [6, 6.07) is 9.56. The smallest absolute Gasteiger partial charge is 0.416 e. The summed E-state index contributed by atoms with van der Waals surface area (Å²) in [5.41, 5.74) is 0.608. The molecule has 0 radical (unpaired) electrons. The maximum absolute atomic E-state index is 14.0. The minimum absolute atomic E-state index is 0.0176. The molecule has 3 aliphatic rings. The number of rotatable bonds is 6. The van der Waals surface area contributed by atoms with Gasteiger partial charge in [-0.15, -0.1) is 0 Å². The summed E-state index contributed by atoms with van der Waals surface area (Å²) in [6.07, 6.45) is 1.51. The molecule has 0 aliphatic carbocycles. The average Bonchev–Trinajstić information content (AvgIpc) is 3.71. The van der Waals surface area contributed by atoms with Gasteiger partial charge >= 0.3 is 6.18 Å². The quantitative estimate of drug-likeness (QED) is 0.451. The van der Waals surface area contributed by atoms with Crippen LogP contribution in [0.15, 0.2) is 46.6 Å². The van der Waals surface area contributed by atoms with E-state index in [1.54, 1.807) is 18.3 Å². The Balaban J connectivity index is 1.43. The van der Waals surface area contributed by atoms with Crippen molar-refractivity contribution in [3.8, 4) is 5.88 Å². The molecule has 3 aromatic rings. The van der Waals surface area contributed by atoms with E-state index < -0.39 is 11.7 Å². The number of hydrogen-bond acceptors (Lipinski definition) is 7. The van der Waals surface area contributed by atoms with Crippen molar-refractivity contribution in [2.45, 2.75) is 44.3 Å². The molecule has 0 bridgehead atoms. The van der Waals surface area contributed by atoms with Crippen LogP contribution in [-0.4, -0.2) is 53.4 Å². The zero-order valence-electron chi connectivity index (χ0n) is 21.1. The van der Waals surface area contributed by atoms with Gasteiger partial charge in [0, 0.05) is 36.1 Å². The fourth-order valence-corrected chi connectivity index (χ4v) is 7.02. The maximum Gasteiger partial charge on any atom is 0.416 e. The number of likely N-dealkylation sites (tertiary alicyclic amines) is 1. The Labute approximate surface area is 232 Å². The van der Waals surface area contributed by atoms with E-state index in [-0.39, 0.29) is 22.9 Å². The zero-order chi connectivity index (χ0) is 27.1. The molecule has 39 heavy (non-hydrogen) atoms. The Bertz CT molecular complexity index is 1550. The first kappa shape index (κ1) is 26.3. The van der Waals surface area contributed by atoms with Gasteiger partial charge in [0.25, 0.3) is 0 Å². The molecule has 0 unspecified atom stereocenters. The molecule has 2 saturated heterocycles. The van der Waals surface area contributed by atoms with Gasteiger partial charge in [0.1, 0.15) is 0 Å². The summed E-state index contributed by atoms with van der Waals surface area (Å²) in [5, 5.41) is 21.2. The van der Waals surface area contributed by atoms with Crippen molar-refractivity contribution in [3.63, 3.8) is 0 Å². The Morgan fingerprint density at radius 1 is 1.08 bits per heavy atom. The molecule has 1 atom stereocenters. The van der Waals surface area contributed by atoms with E-state index >= 15 is 0 Å². The summed E-state index contributed by atoms with van der Waals surface area (Å²) >= 11 is 7.28. The molecule has 204 valence electrons. The molecule has 1 N–H and O–H groups in total. The van der Waals surface area contributed by atoms with Gasteiger partial charge in [-0.05, 0) is 79.4 Å². The summed E-state index contributed by atoms with van der Waals surface area (Å²) in [5.74, 6) is -0.168. The fraction of sp³-hybridized carbons (Fsp3) is 0.393. The van der Waals surface area contributed by atoms with Gasteiger partial charge in [-0.2, -0.15) is 28.4 Å². The van der Waals surface area contributed by atoms with Crippen molar-refractivity contribution < 1.29 is 18.3 Å². The molecule has 6 rings (SSSR count). The number of nitrogens with zero attached hydrogens (tertiary/aromatic N) is 5. The number of thiazole rings is 1. The first-order chi connectivity index (χ1) is 18.8. The number of alkyl halides is 3. The highest BCUT2D eigenvalue weighted by molar-refractivity contribution is 7.17. The van der Waals surface area contributed by atoms with Crippen LogP contribution >= 0.6 is 22.9 Å². The second-order valence-electron chi connectivity index (χ2n) is 10.2. The Morgan fingerprint density at radius 2 is 1.90 bits per heavy atom. The predicted octanol–water partition coefficient (Wildman–Crippen LogP) is 4.99. The molecule has 6 nitrogen and oxygen atoms in total. The third kappa shape index (κ3) is 5.42. The fourth-order valence-electron chi connectivity index (χ4n) is 5.72. The number of aromatic hydroxyl groups is 1. The van der Waals surface area contributed by atoms with Crippen molar-refractivity contribution in [3.05, 3.63) is 73.6 Å². The van der Waals surface area contributed by atoms with Crippen LogP contribution in [0.4, 0.5) is 18.3 Å². The third-order valence-electron chi connectivity index (χ3n) is 7.65. The first-order valence-electron chi connectivity index (χ1n) is 13.1. The summed E-state index contributed by atoms with van der Waals surface area (Å²) in [4.78, 5) is 9.73. The first-order valence-corrected chi connectivity index (χ1v) is 14.2. The summed E-state index contributed by atoms with van der Waals surface area (Å²) < 4.78 is 42.0. The molecule has 0 spiro atoms. The topological polar surface area (TPSA) is 64.3 Å². The van der Waals surface area contributed by atoms with Crippen molar-refractivity contribution in [1.29, 1.82) is 0 Å². The molecule has 11 heteroatoms. The van der Waals surface area contributed by atoms with E-state index in [4.69, 9.17) is 11.6 Å². The van der Waals surface area contributed by atoms with Crippen molar-refractivity contribution in [2.75, 3.05) is 31.1 Å². The van der Waals surface area contributed by atoms with Crippen LogP contribution in [0, 0.1) is 0 Å². The van der Waals surface area contributed by atoms with E-state index in [1.807, 2.05) is 6.07 Å².